The Morgan fingerprint density at radius 3 is 2.78 bits per heavy atom. The molecule has 1 aliphatic heterocycles. The molecular formula is C15H24N2S. The zero-order valence-electron chi connectivity index (χ0n) is 11.5. The van der Waals surface area contributed by atoms with Crippen LogP contribution < -0.4 is 5.73 Å². The molecule has 1 heterocycles. The van der Waals surface area contributed by atoms with Gasteiger partial charge in [-0.25, -0.2) is 0 Å². The van der Waals surface area contributed by atoms with Crippen molar-refractivity contribution >= 4 is 11.8 Å². The molecule has 2 nitrogen and oxygen atoms in total. The Hall–Kier alpha value is -0.510. The van der Waals surface area contributed by atoms with Crippen molar-refractivity contribution in [2.45, 2.75) is 31.8 Å². The Balaban J connectivity index is 2.10. The van der Waals surface area contributed by atoms with Gasteiger partial charge in [-0.3, -0.25) is 4.90 Å². The molecule has 1 aromatic rings. The van der Waals surface area contributed by atoms with Crippen molar-refractivity contribution in [1.29, 1.82) is 0 Å². The lowest BCUT2D eigenvalue weighted by atomic mass is 9.92. The highest BCUT2D eigenvalue weighted by Gasteiger charge is 2.35. The number of thioether (sulfide) groups is 1. The molecule has 100 valence electrons. The molecule has 0 saturated carbocycles. The summed E-state index contributed by atoms with van der Waals surface area (Å²) in [6, 6.07) is 8.65. The fourth-order valence-corrected chi connectivity index (χ4v) is 4.02. The van der Waals surface area contributed by atoms with E-state index < -0.39 is 0 Å². The zero-order valence-corrected chi connectivity index (χ0v) is 12.3. The summed E-state index contributed by atoms with van der Waals surface area (Å²) in [5.74, 6) is 2.46. The first-order valence-corrected chi connectivity index (χ1v) is 7.87. The summed E-state index contributed by atoms with van der Waals surface area (Å²) in [7, 11) is 2.23. The van der Waals surface area contributed by atoms with Gasteiger partial charge in [-0.1, -0.05) is 24.3 Å². The molecule has 0 aromatic heterocycles. The highest BCUT2D eigenvalue weighted by Crippen LogP contribution is 2.31. The van der Waals surface area contributed by atoms with Crippen LogP contribution in [0.1, 0.15) is 24.0 Å². The third kappa shape index (κ3) is 2.90. The summed E-state index contributed by atoms with van der Waals surface area (Å²) in [6.07, 6.45) is 2.53. The van der Waals surface area contributed by atoms with Crippen LogP contribution in [0.5, 0.6) is 0 Å². The molecule has 1 aliphatic rings. The minimum absolute atomic E-state index is 0.200. The van der Waals surface area contributed by atoms with Crippen LogP contribution in [0.4, 0.5) is 0 Å². The maximum atomic E-state index is 6.08. The van der Waals surface area contributed by atoms with Crippen LogP contribution in [-0.2, 0) is 6.54 Å². The Bertz CT molecular complexity index is 386. The number of likely N-dealkylation sites (N-methyl/N-ethyl adjacent to an activating group) is 1. The largest absolute Gasteiger partial charge is 0.329 e. The van der Waals surface area contributed by atoms with E-state index in [-0.39, 0.29) is 5.54 Å². The Labute approximate surface area is 115 Å². The summed E-state index contributed by atoms with van der Waals surface area (Å²) >= 11 is 2.05. The van der Waals surface area contributed by atoms with Crippen molar-refractivity contribution in [2.24, 2.45) is 5.73 Å². The standard InChI is InChI=1S/C15H24N2S/c1-13-6-3-4-7-14(13)10-17(2)15(11-16)8-5-9-18-12-15/h3-4,6-7H,5,8-12,16H2,1-2H3. The SMILES string of the molecule is Cc1ccccc1CN(C)C1(CN)CCCSC1. The van der Waals surface area contributed by atoms with Crippen molar-refractivity contribution in [3.63, 3.8) is 0 Å². The topological polar surface area (TPSA) is 29.3 Å². The minimum Gasteiger partial charge on any atom is -0.329 e. The Kier molecular flexibility index (Phi) is 4.71. The minimum atomic E-state index is 0.200. The van der Waals surface area contributed by atoms with Gasteiger partial charge in [0.1, 0.15) is 0 Å². The molecule has 18 heavy (non-hydrogen) atoms. The fourth-order valence-electron chi connectivity index (χ4n) is 2.67. The number of hydrogen-bond acceptors (Lipinski definition) is 3. The van der Waals surface area contributed by atoms with E-state index >= 15 is 0 Å². The highest BCUT2D eigenvalue weighted by molar-refractivity contribution is 7.99. The van der Waals surface area contributed by atoms with Crippen LogP contribution in [0.2, 0.25) is 0 Å². The van der Waals surface area contributed by atoms with Gasteiger partial charge in [0, 0.05) is 24.4 Å². The lowest BCUT2D eigenvalue weighted by Crippen LogP contribution is -2.55. The predicted molar refractivity (Wildman–Crippen MR) is 81.0 cm³/mol. The third-order valence-electron chi connectivity index (χ3n) is 4.16. The van der Waals surface area contributed by atoms with E-state index in [1.165, 1.54) is 35.5 Å². The quantitative estimate of drug-likeness (QED) is 0.906. The Morgan fingerprint density at radius 1 is 1.39 bits per heavy atom. The molecule has 1 saturated heterocycles. The molecule has 0 amide bonds. The van der Waals surface area contributed by atoms with Crippen LogP contribution in [0.25, 0.3) is 0 Å². The summed E-state index contributed by atoms with van der Waals surface area (Å²) in [5, 5.41) is 0. The molecule has 0 radical (unpaired) electrons. The molecule has 0 bridgehead atoms. The van der Waals surface area contributed by atoms with Gasteiger partial charge in [0.2, 0.25) is 0 Å². The van der Waals surface area contributed by atoms with E-state index in [9.17, 15) is 0 Å². The number of nitrogens with two attached hydrogens (primary N) is 1. The monoisotopic (exact) mass is 264 g/mol. The second kappa shape index (κ2) is 6.09. The van der Waals surface area contributed by atoms with Crippen molar-refractivity contribution in [2.75, 3.05) is 25.1 Å². The molecule has 0 spiro atoms. The summed E-state index contributed by atoms with van der Waals surface area (Å²) in [5.41, 5.74) is 9.07. The maximum absolute atomic E-state index is 6.08. The van der Waals surface area contributed by atoms with E-state index in [1.807, 2.05) is 11.8 Å². The maximum Gasteiger partial charge on any atom is 0.0422 e. The van der Waals surface area contributed by atoms with E-state index in [4.69, 9.17) is 5.73 Å². The molecule has 2 N–H and O–H groups in total. The number of benzene rings is 1. The number of rotatable bonds is 4. The third-order valence-corrected chi connectivity index (χ3v) is 5.48. The van der Waals surface area contributed by atoms with Crippen molar-refractivity contribution in [1.82, 2.24) is 4.90 Å². The average molecular weight is 264 g/mol. The van der Waals surface area contributed by atoms with Gasteiger partial charge in [0.05, 0.1) is 0 Å². The van der Waals surface area contributed by atoms with Crippen LogP contribution in [0.3, 0.4) is 0 Å². The first kappa shape index (κ1) is 13.9. The van der Waals surface area contributed by atoms with E-state index in [1.54, 1.807) is 0 Å². The molecule has 0 aliphatic carbocycles. The number of hydrogen-bond donors (Lipinski definition) is 1. The van der Waals surface area contributed by atoms with Gasteiger partial charge < -0.3 is 5.73 Å². The summed E-state index contributed by atoms with van der Waals surface area (Å²) < 4.78 is 0. The summed E-state index contributed by atoms with van der Waals surface area (Å²) in [6.45, 7) is 3.96. The molecule has 1 atom stereocenters. The fraction of sp³-hybridized carbons (Fsp3) is 0.600. The van der Waals surface area contributed by atoms with Gasteiger partial charge in [0.25, 0.3) is 0 Å². The van der Waals surface area contributed by atoms with Crippen LogP contribution in [0, 0.1) is 6.92 Å². The van der Waals surface area contributed by atoms with E-state index in [0.29, 0.717) is 0 Å². The molecular weight excluding hydrogens is 240 g/mol. The lowest BCUT2D eigenvalue weighted by molar-refractivity contribution is 0.127. The van der Waals surface area contributed by atoms with Crippen LogP contribution >= 0.6 is 11.8 Å². The van der Waals surface area contributed by atoms with Gasteiger partial charge in [0.15, 0.2) is 0 Å². The highest BCUT2D eigenvalue weighted by atomic mass is 32.2. The first-order chi connectivity index (χ1) is 8.68. The normalized spacial score (nSPS) is 24.4. The number of aryl methyl sites for hydroxylation is 1. The van der Waals surface area contributed by atoms with Crippen molar-refractivity contribution in [3.8, 4) is 0 Å². The molecule has 1 unspecified atom stereocenters. The van der Waals surface area contributed by atoms with Crippen LogP contribution in [0.15, 0.2) is 24.3 Å². The lowest BCUT2D eigenvalue weighted by Gasteiger charge is -2.44. The zero-order chi connectivity index (χ0) is 13.0. The van der Waals surface area contributed by atoms with Gasteiger partial charge in [-0.2, -0.15) is 11.8 Å². The van der Waals surface area contributed by atoms with E-state index in [0.717, 1.165) is 13.1 Å². The smallest absolute Gasteiger partial charge is 0.0422 e. The van der Waals surface area contributed by atoms with E-state index in [2.05, 4.69) is 43.1 Å². The van der Waals surface area contributed by atoms with Crippen molar-refractivity contribution in [3.05, 3.63) is 35.4 Å². The van der Waals surface area contributed by atoms with Gasteiger partial charge >= 0.3 is 0 Å². The van der Waals surface area contributed by atoms with Crippen molar-refractivity contribution < 1.29 is 0 Å². The average Bonchev–Trinajstić information content (AvgIpc) is 2.42. The molecule has 2 rings (SSSR count). The second-order valence-corrected chi connectivity index (χ2v) is 6.47. The summed E-state index contributed by atoms with van der Waals surface area (Å²) in [4.78, 5) is 2.47. The van der Waals surface area contributed by atoms with Gasteiger partial charge in [-0.05, 0) is 43.7 Å². The first-order valence-electron chi connectivity index (χ1n) is 6.71. The molecule has 3 heteroatoms. The molecule has 1 aromatic carbocycles. The molecule has 1 fully saturated rings. The predicted octanol–water partition coefficient (Wildman–Crippen LogP) is 2.65. The number of nitrogens with zero attached hydrogens (tertiary/aromatic N) is 1. The second-order valence-electron chi connectivity index (χ2n) is 5.37. The van der Waals surface area contributed by atoms with Gasteiger partial charge in [-0.15, -0.1) is 0 Å². The van der Waals surface area contributed by atoms with Crippen LogP contribution in [-0.4, -0.2) is 35.5 Å². The Morgan fingerprint density at radius 2 is 2.17 bits per heavy atom.